The van der Waals surface area contributed by atoms with Crippen LogP contribution in [0.25, 0.3) is 22.1 Å². The molecule has 0 aliphatic heterocycles. The van der Waals surface area contributed by atoms with Crippen LogP contribution in [0.4, 0.5) is 0 Å². The maximum atomic E-state index is 12.0. The molecule has 2 heterocycles. The first kappa shape index (κ1) is 12.3. The number of para-hydroxylation sites is 1. The quantitative estimate of drug-likeness (QED) is 0.698. The Labute approximate surface area is 112 Å². The van der Waals surface area contributed by atoms with Crippen molar-refractivity contribution >= 4 is 28.0 Å². The minimum Gasteiger partial charge on any atom is -0.503 e. The number of ether oxygens (including phenoxy) is 1. The molecular weight excluding hydrogens is 262 g/mol. The second-order valence-electron chi connectivity index (χ2n) is 4.20. The number of carbonyl (C=O) groups is 1. The number of H-pyrrole nitrogens is 1. The zero-order valence-corrected chi connectivity index (χ0v) is 10.6. The van der Waals surface area contributed by atoms with Crippen LogP contribution in [-0.4, -0.2) is 22.7 Å². The fourth-order valence-corrected chi connectivity index (χ4v) is 2.13. The molecule has 2 aromatic heterocycles. The van der Waals surface area contributed by atoms with Crippen LogP contribution in [0.3, 0.4) is 0 Å². The molecular formula is C14H11NO5. The summed E-state index contributed by atoms with van der Waals surface area (Å²) in [7, 11) is 0. The van der Waals surface area contributed by atoms with Gasteiger partial charge < -0.3 is 19.2 Å². The molecule has 0 bridgehead atoms. The molecule has 0 aliphatic carbocycles. The number of pyridine rings is 1. The molecule has 0 saturated heterocycles. The summed E-state index contributed by atoms with van der Waals surface area (Å²) < 4.78 is 10.2. The Kier molecular flexibility index (Phi) is 2.71. The van der Waals surface area contributed by atoms with Crippen LogP contribution in [0.15, 0.2) is 33.5 Å². The topological polar surface area (TPSA) is 92.5 Å². The second-order valence-corrected chi connectivity index (χ2v) is 4.20. The molecule has 0 saturated carbocycles. The van der Waals surface area contributed by atoms with E-state index >= 15 is 0 Å². The smallest absolute Gasteiger partial charge is 0.347 e. The number of aromatic amines is 1. The maximum absolute atomic E-state index is 12.0. The lowest BCUT2D eigenvalue weighted by Gasteiger charge is -2.03. The zero-order chi connectivity index (χ0) is 14.3. The van der Waals surface area contributed by atoms with Crippen LogP contribution < -0.4 is 5.56 Å². The van der Waals surface area contributed by atoms with E-state index in [1.807, 2.05) is 0 Å². The molecule has 0 atom stereocenters. The predicted octanol–water partition coefficient (Wildman–Crippen LogP) is 2.16. The van der Waals surface area contributed by atoms with Crippen LogP contribution in [0, 0.1) is 0 Å². The van der Waals surface area contributed by atoms with Crippen molar-refractivity contribution in [3.05, 3.63) is 40.2 Å². The van der Waals surface area contributed by atoms with E-state index in [-0.39, 0.29) is 12.2 Å². The van der Waals surface area contributed by atoms with Crippen molar-refractivity contribution in [3.63, 3.8) is 0 Å². The number of esters is 1. The van der Waals surface area contributed by atoms with Gasteiger partial charge in [-0.05, 0) is 19.1 Å². The lowest BCUT2D eigenvalue weighted by Crippen LogP contribution is -2.19. The number of hydrogen-bond donors (Lipinski definition) is 2. The number of furan rings is 1. The minimum absolute atomic E-state index is 0.0638. The van der Waals surface area contributed by atoms with Crippen molar-refractivity contribution in [2.45, 2.75) is 6.92 Å². The molecule has 0 radical (unpaired) electrons. The Balaban J connectivity index is 2.38. The summed E-state index contributed by atoms with van der Waals surface area (Å²) in [5.74, 6) is -1.38. The van der Waals surface area contributed by atoms with E-state index in [2.05, 4.69) is 4.98 Å². The highest BCUT2D eigenvalue weighted by Crippen LogP contribution is 2.33. The van der Waals surface area contributed by atoms with E-state index in [0.717, 1.165) is 0 Å². The number of nitrogens with one attached hydrogen (secondary N) is 1. The molecule has 3 rings (SSSR count). The van der Waals surface area contributed by atoms with E-state index in [0.29, 0.717) is 16.5 Å². The fourth-order valence-electron chi connectivity index (χ4n) is 2.13. The highest BCUT2D eigenvalue weighted by molar-refractivity contribution is 6.07. The van der Waals surface area contributed by atoms with Gasteiger partial charge in [0.25, 0.3) is 5.56 Å². The summed E-state index contributed by atoms with van der Waals surface area (Å²) in [5, 5.41) is 10.8. The Bertz CT molecular complexity index is 874. The van der Waals surface area contributed by atoms with Gasteiger partial charge in [0, 0.05) is 5.39 Å². The summed E-state index contributed by atoms with van der Waals surface area (Å²) in [6, 6.07) is 7.01. The number of rotatable bonds is 2. The highest BCUT2D eigenvalue weighted by Gasteiger charge is 2.23. The summed E-state index contributed by atoms with van der Waals surface area (Å²) in [5.41, 5.74) is -0.224. The van der Waals surface area contributed by atoms with Crippen molar-refractivity contribution in [1.82, 2.24) is 4.98 Å². The Morgan fingerprint density at radius 1 is 1.40 bits per heavy atom. The fraction of sp³-hybridized carbons (Fsp3) is 0.143. The molecule has 102 valence electrons. The number of hydrogen-bond acceptors (Lipinski definition) is 5. The molecule has 3 aromatic rings. The van der Waals surface area contributed by atoms with Crippen molar-refractivity contribution in [2.75, 3.05) is 6.61 Å². The van der Waals surface area contributed by atoms with Crippen LogP contribution in [-0.2, 0) is 4.74 Å². The zero-order valence-electron chi connectivity index (χ0n) is 10.6. The lowest BCUT2D eigenvalue weighted by molar-refractivity contribution is 0.0521. The third-order valence-electron chi connectivity index (χ3n) is 2.99. The van der Waals surface area contributed by atoms with Crippen LogP contribution in [0.2, 0.25) is 0 Å². The molecule has 0 fully saturated rings. The lowest BCUT2D eigenvalue weighted by atomic mass is 10.2. The number of fused-ring (bicyclic) bond motifs is 3. The summed E-state index contributed by atoms with van der Waals surface area (Å²) in [4.78, 5) is 26.2. The third kappa shape index (κ3) is 1.65. The van der Waals surface area contributed by atoms with E-state index < -0.39 is 22.8 Å². The summed E-state index contributed by atoms with van der Waals surface area (Å²) >= 11 is 0. The number of carbonyl (C=O) groups excluding carboxylic acids is 1. The van der Waals surface area contributed by atoms with Gasteiger partial charge in [-0.25, -0.2) is 4.79 Å². The molecule has 0 amide bonds. The predicted molar refractivity (Wildman–Crippen MR) is 72.0 cm³/mol. The van der Waals surface area contributed by atoms with Gasteiger partial charge in [-0.2, -0.15) is 0 Å². The van der Waals surface area contributed by atoms with E-state index in [1.165, 1.54) is 0 Å². The SMILES string of the molecule is CCOC(=O)c1c(O)c2oc3ccccc3c2[nH]c1=O. The number of aromatic hydroxyl groups is 1. The van der Waals surface area contributed by atoms with Crippen molar-refractivity contribution in [1.29, 1.82) is 0 Å². The molecule has 0 spiro atoms. The summed E-state index contributed by atoms with van der Waals surface area (Å²) in [6.45, 7) is 1.72. The molecule has 6 heteroatoms. The van der Waals surface area contributed by atoms with Gasteiger partial charge in [0.2, 0.25) is 0 Å². The van der Waals surface area contributed by atoms with Gasteiger partial charge in [-0.15, -0.1) is 0 Å². The Morgan fingerprint density at radius 3 is 2.90 bits per heavy atom. The van der Waals surface area contributed by atoms with Crippen LogP contribution in [0.1, 0.15) is 17.3 Å². The normalized spacial score (nSPS) is 11.1. The average molecular weight is 273 g/mol. The molecule has 6 nitrogen and oxygen atoms in total. The highest BCUT2D eigenvalue weighted by atomic mass is 16.5. The van der Waals surface area contributed by atoms with Gasteiger partial charge in [0.1, 0.15) is 5.58 Å². The number of benzene rings is 1. The van der Waals surface area contributed by atoms with Crippen molar-refractivity contribution in [2.24, 2.45) is 0 Å². The van der Waals surface area contributed by atoms with E-state index in [1.54, 1.807) is 31.2 Å². The van der Waals surface area contributed by atoms with Crippen molar-refractivity contribution < 1.29 is 19.1 Å². The average Bonchev–Trinajstić information content (AvgIpc) is 2.78. The molecule has 1 aromatic carbocycles. The Hall–Kier alpha value is -2.76. The van der Waals surface area contributed by atoms with Crippen molar-refractivity contribution in [3.8, 4) is 5.75 Å². The number of aromatic nitrogens is 1. The third-order valence-corrected chi connectivity index (χ3v) is 2.99. The van der Waals surface area contributed by atoms with E-state index in [9.17, 15) is 14.7 Å². The van der Waals surface area contributed by atoms with Gasteiger partial charge in [-0.1, -0.05) is 12.1 Å². The largest absolute Gasteiger partial charge is 0.503 e. The first-order valence-electron chi connectivity index (χ1n) is 6.07. The van der Waals surface area contributed by atoms with Crippen LogP contribution >= 0.6 is 0 Å². The summed E-state index contributed by atoms with van der Waals surface area (Å²) in [6.07, 6.45) is 0. The minimum atomic E-state index is -0.881. The van der Waals surface area contributed by atoms with Gasteiger partial charge in [0.05, 0.1) is 12.1 Å². The van der Waals surface area contributed by atoms with Gasteiger partial charge in [0.15, 0.2) is 16.9 Å². The molecule has 0 aliphatic rings. The molecule has 2 N–H and O–H groups in total. The first-order chi connectivity index (χ1) is 9.63. The Morgan fingerprint density at radius 2 is 2.15 bits per heavy atom. The standard InChI is InChI=1S/C14H11NO5/c1-2-19-14(18)9-11(16)12-10(15-13(9)17)7-5-3-4-6-8(7)20-12/h3-6H,2H2,1H3,(H2,15,16,17). The first-order valence-corrected chi connectivity index (χ1v) is 6.07. The van der Waals surface area contributed by atoms with Gasteiger partial charge >= 0.3 is 5.97 Å². The molecule has 0 unspecified atom stereocenters. The maximum Gasteiger partial charge on any atom is 0.347 e. The molecule has 20 heavy (non-hydrogen) atoms. The second kappa shape index (κ2) is 4.41. The monoisotopic (exact) mass is 273 g/mol. The van der Waals surface area contributed by atoms with Crippen LogP contribution in [0.5, 0.6) is 5.75 Å². The van der Waals surface area contributed by atoms with Gasteiger partial charge in [-0.3, -0.25) is 4.79 Å². The van der Waals surface area contributed by atoms with E-state index in [4.69, 9.17) is 9.15 Å².